The van der Waals surface area contributed by atoms with E-state index in [4.69, 9.17) is 4.74 Å². The molecule has 0 fully saturated rings. The van der Waals surface area contributed by atoms with Crippen LogP contribution < -0.4 is 4.74 Å². The van der Waals surface area contributed by atoms with E-state index in [0.29, 0.717) is 11.4 Å². The summed E-state index contributed by atoms with van der Waals surface area (Å²) in [6, 6.07) is 4.07. The molecular formula is C8H6N2O3S. The molecule has 0 aliphatic heterocycles. The molecule has 0 aliphatic rings. The molecular weight excluding hydrogens is 204 g/mol. The quantitative estimate of drug-likeness (QED) is 0.332. The van der Waals surface area contributed by atoms with E-state index in [2.05, 4.69) is 22.4 Å². The van der Waals surface area contributed by atoms with Crippen molar-refractivity contribution in [1.29, 1.82) is 0 Å². The first-order chi connectivity index (χ1) is 6.69. The molecule has 0 saturated heterocycles. The van der Waals surface area contributed by atoms with Gasteiger partial charge in [-0.2, -0.15) is 4.99 Å². The minimum Gasteiger partial charge on any atom is -0.494 e. The van der Waals surface area contributed by atoms with Crippen LogP contribution in [0.5, 0.6) is 5.75 Å². The number of hydrogen-bond donors (Lipinski definition) is 0. The Kier molecular flexibility index (Phi) is 3.28. The van der Waals surface area contributed by atoms with Crippen molar-refractivity contribution in [1.82, 2.24) is 0 Å². The lowest BCUT2D eigenvalue weighted by Crippen LogP contribution is -1.89. The van der Waals surface area contributed by atoms with E-state index in [1.165, 1.54) is 25.3 Å². The normalized spacial score (nSPS) is 8.93. The van der Waals surface area contributed by atoms with Crippen molar-refractivity contribution in [2.75, 3.05) is 7.11 Å². The summed E-state index contributed by atoms with van der Waals surface area (Å²) in [7, 11) is 1.45. The predicted octanol–water partition coefficient (Wildman–Crippen LogP) is 2.34. The number of methoxy groups -OCH3 is 1. The van der Waals surface area contributed by atoms with Gasteiger partial charge in [-0.1, -0.05) is 0 Å². The van der Waals surface area contributed by atoms with Crippen molar-refractivity contribution in [3.05, 3.63) is 28.3 Å². The van der Waals surface area contributed by atoms with E-state index >= 15 is 0 Å². The maximum atomic E-state index is 10.4. The zero-order valence-electron chi connectivity index (χ0n) is 7.26. The Hall–Kier alpha value is -1.78. The van der Waals surface area contributed by atoms with Crippen LogP contribution in [0.2, 0.25) is 0 Å². The summed E-state index contributed by atoms with van der Waals surface area (Å²) >= 11 is 4.41. The standard InChI is InChI=1S/C8H6N2O3S/c1-13-8-3-2-6(10(11)12)4-7(8)9-5-14/h2-4H,1H3. The molecule has 0 heterocycles. The van der Waals surface area contributed by atoms with Crippen molar-refractivity contribution in [2.45, 2.75) is 0 Å². The van der Waals surface area contributed by atoms with Crippen molar-refractivity contribution >= 4 is 28.8 Å². The molecule has 6 heteroatoms. The molecule has 0 N–H and O–H groups in total. The van der Waals surface area contributed by atoms with Crippen LogP contribution in [-0.2, 0) is 0 Å². The summed E-state index contributed by atoms with van der Waals surface area (Å²) in [6.45, 7) is 0. The van der Waals surface area contributed by atoms with E-state index < -0.39 is 4.92 Å². The van der Waals surface area contributed by atoms with Gasteiger partial charge in [0.2, 0.25) is 0 Å². The van der Waals surface area contributed by atoms with Gasteiger partial charge in [-0.15, -0.1) is 0 Å². The largest absolute Gasteiger partial charge is 0.494 e. The van der Waals surface area contributed by atoms with E-state index in [1.54, 1.807) is 0 Å². The fraction of sp³-hybridized carbons (Fsp3) is 0.125. The molecule has 1 aromatic rings. The summed E-state index contributed by atoms with van der Waals surface area (Å²) in [5.74, 6) is 0.424. The average molecular weight is 210 g/mol. The van der Waals surface area contributed by atoms with Gasteiger partial charge in [0.25, 0.3) is 5.69 Å². The fourth-order valence-corrected chi connectivity index (χ4v) is 1.03. The number of rotatable bonds is 3. The molecule has 1 aromatic carbocycles. The summed E-state index contributed by atoms with van der Waals surface area (Å²) in [5.41, 5.74) is 0.242. The molecule has 0 saturated carbocycles. The molecule has 5 nitrogen and oxygen atoms in total. The number of ether oxygens (including phenoxy) is 1. The van der Waals surface area contributed by atoms with Gasteiger partial charge in [-0.05, 0) is 18.3 Å². The van der Waals surface area contributed by atoms with Gasteiger partial charge in [-0.3, -0.25) is 10.1 Å². The number of isothiocyanates is 1. The first-order valence-electron chi connectivity index (χ1n) is 3.59. The number of thiocarbonyl (C=S) groups is 1. The van der Waals surface area contributed by atoms with Crippen molar-refractivity contribution in [3.8, 4) is 5.75 Å². The number of benzene rings is 1. The number of nitro groups is 1. The lowest BCUT2D eigenvalue weighted by atomic mass is 10.2. The van der Waals surface area contributed by atoms with Gasteiger partial charge >= 0.3 is 0 Å². The van der Waals surface area contributed by atoms with Gasteiger partial charge in [0.1, 0.15) is 11.4 Å². The van der Waals surface area contributed by atoms with Crippen LogP contribution in [0.15, 0.2) is 23.2 Å². The monoisotopic (exact) mass is 210 g/mol. The lowest BCUT2D eigenvalue weighted by Gasteiger charge is -2.01. The van der Waals surface area contributed by atoms with Crippen LogP contribution in [-0.4, -0.2) is 17.2 Å². The molecule has 0 atom stereocenters. The zero-order chi connectivity index (χ0) is 10.6. The summed E-state index contributed by atoms with van der Waals surface area (Å²) in [4.78, 5) is 13.6. The van der Waals surface area contributed by atoms with Gasteiger partial charge in [-0.25, -0.2) is 0 Å². The Balaban J connectivity index is 3.27. The highest BCUT2D eigenvalue weighted by Crippen LogP contribution is 2.30. The summed E-state index contributed by atoms with van der Waals surface area (Å²) < 4.78 is 4.93. The van der Waals surface area contributed by atoms with Gasteiger partial charge in [0, 0.05) is 12.1 Å². The summed E-state index contributed by atoms with van der Waals surface area (Å²) in [6.07, 6.45) is 0. The molecule has 0 aliphatic carbocycles. The van der Waals surface area contributed by atoms with E-state index in [9.17, 15) is 10.1 Å². The first-order valence-corrected chi connectivity index (χ1v) is 4.00. The number of aliphatic imine (C=N–C) groups is 1. The highest BCUT2D eigenvalue weighted by Gasteiger charge is 2.09. The smallest absolute Gasteiger partial charge is 0.271 e. The molecule has 0 amide bonds. The van der Waals surface area contributed by atoms with Crippen LogP contribution in [0.1, 0.15) is 0 Å². The Morgan fingerprint density at radius 2 is 2.36 bits per heavy atom. The van der Waals surface area contributed by atoms with Crippen LogP contribution >= 0.6 is 12.2 Å². The fourth-order valence-electron chi connectivity index (χ4n) is 0.928. The van der Waals surface area contributed by atoms with Gasteiger partial charge in [0.05, 0.1) is 17.2 Å². The molecule has 0 unspecified atom stereocenters. The second kappa shape index (κ2) is 4.45. The van der Waals surface area contributed by atoms with Crippen LogP contribution in [0.25, 0.3) is 0 Å². The second-order valence-electron chi connectivity index (χ2n) is 2.32. The lowest BCUT2D eigenvalue weighted by molar-refractivity contribution is -0.384. The van der Waals surface area contributed by atoms with Crippen LogP contribution in [0.3, 0.4) is 0 Å². The van der Waals surface area contributed by atoms with E-state index in [0.717, 1.165) is 0 Å². The molecule has 0 bridgehead atoms. The van der Waals surface area contributed by atoms with Gasteiger partial charge < -0.3 is 4.74 Å². The highest BCUT2D eigenvalue weighted by atomic mass is 32.1. The molecule has 0 radical (unpaired) electrons. The predicted molar refractivity (Wildman–Crippen MR) is 54.3 cm³/mol. The molecule has 14 heavy (non-hydrogen) atoms. The minimum atomic E-state index is -0.512. The number of nitro benzene ring substituents is 1. The van der Waals surface area contributed by atoms with Crippen molar-refractivity contribution in [3.63, 3.8) is 0 Å². The minimum absolute atomic E-state index is 0.0604. The zero-order valence-corrected chi connectivity index (χ0v) is 8.08. The third kappa shape index (κ3) is 2.12. The SMILES string of the molecule is COc1ccc([N+](=O)[O-])cc1N=C=S. The third-order valence-electron chi connectivity index (χ3n) is 1.54. The van der Waals surface area contributed by atoms with E-state index in [1.807, 2.05) is 0 Å². The Morgan fingerprint density at radius 3 is 2.86 bits per heavy atom. The Morgan fingerprint density at radius 1 is 1.64 bits per heavy atom. The maximum absolute atomic E-state index is 10.4. The summed E-state index contributed by atoms with van der Waals surface area (Å²) in [5, 5.41) is 12.6. The van der Waals surface area contributed by atoms with E-state index in [-0.39, 0.29) is 5.69 Å². The molecule has 0 aromatic heterocycles. The third-order valence-corrected chi connectivity index (χ3v) is 1.63. The number of non-ortho nitro benzene ring substituents is 1. The average Bonchev–Trinajstić information content (AvgIpc) is 2.18. The number of hydrogen-bond acceptors (Lipinski definition) is 5. The second-order valence-corrected chi connectivity index (χ2v) is 2.50. The van der Waals surface area contributed by atoms with Gasteiger partial charge in [0.15, 0.2) is 0 Å². The topological polar surface area (TPSA) is 64.7 Å². The molecule has 0 spiro atoms. The molecule has 1 rings (SSSR count). The van der Waals surface area contributed by atoms with Crippen molar-refractivity contribution < 1.29 is 9.66 Å². The number of nitrogens with zero attached hydrogens (tertiary/aromatic N) is 2. The maximum Gasteiger partial charge on any atom is 0.271 e. The van der Waals surface area contributed by atoms with Crippen molar-refractivity contribution in [2.24, 2.45) is 4.99 Å². The van der Waals surface area contributed by atoms with Crippen LogP contribution in [0.4, 0.5) is 11.4 Å². The Bertz CT molecular complexity index is 413. The molecule has 72 valence electrons. The van der Waals surface area contributed by atoms with Crippen LogP contribution in [0, 0.1) is 10.1 Å². The highest BCUT2D eigenvalue weighted by molar-refractivity contribution is 7.78. The first kappa shape index (κ1) is 10.3. The Labute approximate surface area is 85.2 Å².